The topological polar surface area (TPSA) is 9.86 Å². The number of hydrogen-bond donors (Lipinski definition) is 0. The molecule has 0 aliphatic carbocycles. The van der Waals surface area contributed by atoms with Crippen LogP contribution < -0.4 is 20.7 Å². The van der Waals surface area contributed by atoms with Crippen molar-refractivity contribution in [2.75, 3.05) is 0 Å². The fraction of sp³-hybridized carbons (Fsp3) is 0. The van der Waals surface area contributed by atoms with Crippen molar-refractivity contribution in [1.29, 1.82) is 0 Å². The fourth-order valence-electron chi connectivity index (χ4n) is 10.9. The van der Waals surface area contributed by atoms with Gasteiger partial charge in [-0.1, -0.05) is 200 Å². The van der Waals surface area contributed by atoms with E-state index >= 15 is 0 Å². The number of para-hydroxylation sites is 4. The number of thiophene rings is 1. The summed E-state index contributed by atoms with van der Waals surface area (Å²) in [6.45, 7) is 0. The molecule has 13 aromatic rings. The molecule has 0 aliphatic heterocycles. The van der Waals surface area contributed by atoms with E-state index in [1.807, 2.05) is 11.3 Å². The van der Waals surface area contributed by atoms with E-state index in [9.17, 15) is 0 Å². The van der Waals surface area contributed by atoms with Gasteiger partial charge in [0, 0.05) is 53.0 Å². The van der Waals surface area contributed by atoms with Gasteiger partial charge in [0.1, 0.15) is 0 Å². The maximum Gasteiger partial charge on any atom is 0.179 e. The van der Waals surface area contributed by atoms with Crippen molar-refractivity contribution in [3.05, 3.63) is 243 Å². The quantitative estimate of drug-likeness (QED) is 0.112. The third-order valence-electron chi connectivity index (χ3n) is 13.5. The van der Waals surface area contributed by atoms with Crippen LogP contribution in [0.5, 0.6) is 0 Å². The number of nitrogens with zero attached hydrogens (tertiary/aromatic N) is 2. The Bertz CT molecular complexity index is 3790. The molecule has 0 bridgehead atoms. The van der Waals surface area contributed by atoms with Gasteiger partial charge in [0.05, 0.1) is 27.8 Å². The highest BCUT2D eigenvalue weighted by Crippen LogP contribution is 2.46. The first kappa shape index (κ1) is 36.9. The molecule has 13 rings (SSSR count). The molecule has 3 heterocycles. The molecule has 0 saturated heterocycles. The molecule has 0 amide bonds. The summed E-state index contributed by atoms with van der Waals surface area (Å²) in [6, 6.07) is 90.4. The average Bonchev–Trinajstić information content (AvgIpc) is 4.04. The molecule has 64 heavy (non-hydrogen) atoms. The van der Waals surface area contributed by atoms with Gasteiger partial charge >= 0.3 is 0 Å². The first-order chi connectivity index (χ1) is 31.8. The smallest absolute Gasteiger partial charge is 0.179 e. The first-order valence-corrected chi connectivity index (χ1v) is 24.8. The summed E-state index contributed by atoms with van der Waals surface area (Å²) in [5.74, 6) is 0. The minimum absolute atomic E-state index is 1.13. The maximum absolute atomic E-state index is 2.71. The first-order valence-electron chi connectivity index (χ1n) is 22.0. The van der Waals surface area contributed by atoms with Crippen LogP contribution >= 0.6 is 11.3 Å². The number of hydrogen-bond acceptors (Lipinski definition) is 1. The summed E-state index contributed by atoms with van der Waals surface area (Å²) >= 11 is 1.88. The molecule has 4 heteroatoms. The van der Waals surface area contributed by atoms with Gasteiger partial charge in [-0.05, 0) is 68.8 Å². The molecule has 0 aliphatic rings. The van der Waals surface area contributed by atoms with Crippen molar-refractivity contribution in [2.24, 2.45) is 0 Å². The highest BCUT2D eigenvalue weighted by molar-refractivity contribution is 7.26. The van der Waals surface area contributed by atoms with Crippen LogP contribution in [-0.2, 0) is 0 Å². The van der Waals surface area contributed by atoms with Crippen molar-refractivity contribution in [1.82, 2.24) is 9.13 Å². The summed E-state index contributed by atoms with van der Waals surface area (Å²) in [4.78, 5) is 0. The predicted octanol–water partition coefficient (Wildman–Crippen LogP) is 13.3. The van der Waals surface area contributed by atoms with Gasteiger partial charge in [0.25, 0.3) is 0 Å². The Kier molecular flexibility index (Phi) is 8.45. The molecule has 2 nitrogen and oxygen atoms in total. The normalized spacial score (nSPS) is 12.1. The second-order valence-electron chi connectivity index (χ2n) is 16.8. The lowest BCUT2D eigenvalue weighted by atomic mass is 9.97. The minimum atomic E-state index is -2.71. The van der Waals surface area contributed by atoms with Crippen LogP contribution in [0.4, 0.5) is 0 Å². The van der Waals surface area contributed by atoms with Crippen LogP contribution in [0.3, 0.4) is 0 Å². The Hall–Kier alpha value is -7.76. The monoisotopic (exact) mass is 848 g/mol. The lowest BCUT2D eigenvalue weighted by molar-refractivity contribution is 1.13. The van der Waals surface area contributed by atoms with Gasteiger partial charge < -0.3 is 9.13 Å². The zero-order valence-corrected chi connectivity index (χ0v) is 36.7. The lowest BCUT2D eigenvalue weighted by Crippen LogP contribution is -2.74. The molecular weight excluding hydrogens is 809 g/mol. The van der Waals surface area contributed by atoms with Crippen LogP contribution in [0.1, 0.15) is 0 Å². The average molecular weight is 849 g/mol. The van der Waals surface area contributed by atoms with Gasteiger partial charge in [-0.25, -0.2) is 0 Å². The molecule has 3 aromatic heterocycles. The third-order valence-corrected chi connectivity index (χ3v) is 19.4. The van der Waals surface area contributed by atoms with Crippen LogP contribution in [0, 0.1) is 0 Å². The van der Waals surface area contributed by atoms with Gasteiger partial charge in [-0.3, -0.25) is 0 Å². The van der Waals surface area contributed by atoms with Crippen molar-refractivity contribution in [2.45, 2.75) is 0 Å². The molecule has 10 aromatic carbocycles. The molecule has 0 saturated carbocycles. The van der Waals surface area contributed by atoms with E-state index in [0.717, 1.165) is 11.4 Å². The number of benzene rings is 10. The van der Waals surface area contributed by atoms with E-state index < -0.39 is 8.07 Å². The Balaban J connectivity index is 1.10. The standard InChI is InChI=1S/C60H40N2SSi/c1-4-19-42(20-5-1)64(43-21-6-2-7-22-43,44-23-8-3-9-24-44)45-39-37-41(38-40-45)61-53-32-13-10-26-47(53)50-31-17-34-55(60(50)61)62-54-33-14-11-25-46(54)49-29-16-30-51(59(49)62)48-28-18-36-57-58(48)52-27-12-15-35-56(52)63-57/h1-40H. The summed E-state index contributed by atoms with van der Waals surface area (Å²) in [6.07, 6.45) is 0. The van der Waals surface area contributed by atoms with Gasteiger partial charge in [-0.15, -0.1) is 11.3 Å². The van der Waals surface area contributed by atoms with Gasteiger partial charge in [0.2, 0.25) is 0 Å². The van der Waals surface area contributed by atoms with E-state index in [4.69, 9.17) is 0 Å². The van der Waals surface area contributed by atoms with Crippen LogP contribution in [0.15, 0.2) is 243 Å². The molecule has 0 fully saturated rings. The largest absolute Gasteiger partial charge is 0.307 e. The summed E-state index contributed by atoms with van der Waals surface area (Å²) < 4.78 is 7.69. The van der Waals surface area contributed by atoms with Crippen LogP contribution in [-0.4, -0.2) is 17.2 Å². The molecule has 0 N–H and O–H groups in total. The zero-order chi connectivity index (χ0) is 42.2. The summed E-state index contributed by atoms with van der Waals surface area (Å²) in [5, 5.41) is 13.0. The maximum atomic E-state index is 2.55. The van der Waals surface area contributed by atoms with Crippen molar-refractivity contribution in [3.63, 3.8) is 0 Å². The molecular formula is C60H40N2SSi. The minimum Gasteiger partial charge on any atom is -0.307 e. The van der Waals surface area contributed by atoms with Crippen LogP contribution in [0.2, 0.25) is 0 Å². The SMILES string of the molecule is c1ccc([Si](c2ccccc2)(c2ccccc2)c2ccc(-n3c4ccccc4c4cccc(-n5c6ccccc6c6cccc(-c7cccc8sc9ccccc9c78)c65)c43)cc2)cc1. The number of rotatable bonds is 7. The predicted molar refractivity (Wildman–Crippen MR) is 277 cm³/mol. The molecule has 0 spiro atoms. The Morgan fingerprint density at radius 2 is 0.750 bits per heavy atom. The van der Waals surface area contributed by atoms with Gasteiger partial charge in [0.15, 0.2) is 8.07 Å². The lowest BCUT2D eigenvalue weighted by Gasteiger charge is -2.34. The van der Waals surface area contributed by atoms with E-state index in [1.165, 1.54) is 95.7 Å². The van der Waals surface area contributed by atoms with Crippen molar-refractivity contribution >= 4 is 104 Å². The molecule has 300 valence electrons. The number of aromatic nitrogens is 2. The molecule has 0 atom stereocenters. The molecule has 0 unspecified atom stereocenters. The summed E-state index contributed by atoms with van der Waals surface area (Å²) in [5.41, 5.74) is 9.56. The second-order valence-corrected chi connectivity index (χ2v) is 21.6. The second kappa shape index (κ2) is 14.7. The Labute approximate surface area is 376 Å². The highest BCUT2D eigenvalue weighted by Gasteiger charge is 2.41. The van der Waals surface area contributed by atoms with Crippen molar-refractivity contribution < 1.29 is 0 Å². The Morgan fingerprint density at radius 3 is 1.39 bits per heavy atom. The summed E-state index contributed by atoms with van der Waals surface area (Å²) in [7, 11) is -2.71. The highest BCUT2D eigenvalue weighted by atomic mass is 32.1. The van der Waals surface area contributed by atoms with E-state index in [0.29, 0.717) is 0 Å². The van der Waals surface area contributed by atoms with E-state index in [-0.39, 0.29) is 0 Å². The van der Waals surface area contributed by atoms with Gasteiger partial charge in [-0.2, -0.15) is 0 Å². The third kappa shape index (κ3) is 5.37. The Morgan fingerprint density at radius 1 is 0.297 bits per heavy atom. The van der Waals surface area contributed by atoms with E-state index in [1.54, 1.807) is 0 Å². The zero-order valence-electron chi connectivity index (χ0n) is 34.9. The number of fused-ring (bicyclic) bond motifs is 9. The van der Waals surface area contributed by atoms with Crippen LogP contribution in [0.25, 0.3) is 86.3 Å². The van der Waals surface area contributed by atoms with Crippen molar-refractivity contribution in [3.8, 4) is 22.5 Å². The van der Waals surface area contributed by atoms with E-state index in [2.05, 4.69) is 252 Å². The molecule has 0 radical (unpaired) electrons. The fourth-order valence-corrected chi connectivity index (χ4v) is 16.7.